The molecule has 1 N–H and O–H groups in total. The molecule has 0 aliphatic carbocycles. The summed E-state index contributed by atoms with van der Waals surface area (Å²) < 4.78 is 27.9. The van der Waals surface area contributed by atoms with Gasteiger partial charge in [0.15, 0.2) is 23.0 Å². The summed E-state index contributed by atoms with van der Waals surface area (Å²) in [6.07, 6.45) is 2.34. The van der Waals surface area contributed by atoms with E-state index < -0.39 is 18.1 Å². The Morgan fingerprint density at radius 1 is 0.906 bits per heavy atom. The van der Waals surface area contributed by atoms with Gasteiger partial charge >= 0.3 is 5.97 Å². The second kappa shape index (κ2) is 10.5. The third kappa shape index (κ3) is 4.41. The number of ether oxygens (including phenoxy) is 5. The first-order valence-corrected chi connectivity index (χ1v) is 10.5. The number of carbonyl (C=O) groups is 1. The molecule has 1 aliphatic rings. The smallest absolute Gasteiger partial charge is 0.320 e. The summed E-state index contributed by atoms with van der Waals surface area (Å²) in [5.74, 6) is 1.76. The van der Waals surface area contributed by atoms with E-state index in [1.165, 1.54) is 0 Å². The molecule has 8 nitrogen and oxygen atoms in total. The molecule has 2 aromatic carbocycles. The predicted octanol–water partition coefficient (Wildman–Crippen LogP) is 3.76. The molecule has 0 spiro atoms. The summed E-state index contributed by atoms with van der Waals surface area (Å²) in [6.45, 7) is 0.624. The van der Waals surface area contributed by atoms with Crippen molar-refractivity contribution in [2.45, 2.75) is 31.3 Å². The maximum atomic E-state index is 12.2. The van der Waals surface area contributed by atoms with Gasteiger partial charge in [-0.3, -0.25) is 9.69 Å². The molecule has 2 aromatic rings. The summed E-state index contributed by atoms with van der Waals surface area (Å²) in [5.41, 5.74) is 1.61. The fourth-order valence-corrected chi connectivity index (χ4v) is 4.46. The molecule has 0 radical (unpaired) electrons. The average Bonchev–Trinajstić information content (AvgIpc) is 2.83. The molecule has 0 bridgehead atoms. The number of benzene rings is 2. The lowest BCUT2D eigenvalue weighted by Crippen LogP contribution is -2.47. The first-order valence-electron chi connectivity index (χ1n) is 10.5. The van der Waals surface area contributed by atoms with Crippen LogP contribution in [0.5, 0.6) is 28.7 Å². The Kier molecular flexibility index (Phi) is 7.69. The Hall–Kier alpha value is -3.13. The number of aliphatic carboxylic acids is 1. The van der Waals surface area contributed by atoms with Gasteiger partial charge in [0.1, 0.15) is 6.04 Å². The van der Waals surface area contributed by atoms with Crippen LogP contribution in [-0.2, 0) is 4.79 Å². The van der Waals surface area contributed by atoms with Gasteiger partial charge in [0, 0.05) is 5.56 Å². The minimum absolute atomic E-state index is 0.435. The van der Waals surface area contributed by atoms with Crippen LogP contribution in [-0.4, -0.2) is 64.1 Å². The zero-order chi connectivity index (χ0) is 23.3. The van der Waals surface area contributed by atoms with E-state index in [0.717, 1.165) is 24.0 Å². The molecule has 32 heavy (non-hydrogen) atoms. The van der Waals surface area contributed by atoms with Crippen molar-refractivity contribution in [3.05, 3.63) is 41.5 Å². The number of para-hydroxylation sites is 1. The van der Waals surface area contributed by atoms with Crippen LogP contribution >= 0.6 is 0 Å². The van der Waals surface area contributed by atoms with Crippen LogP contribution in [0.4, 0.5) is 0 Å². The number of hydrogen-bond donors (Lipinski definition) is 1. The molecule has 1 aliphatic heterocycles. The number of carboxylic acid groups (broad SMARTS) is 1. The van der Waals surface area contributed by atoms with Crippen LogP contribution in [0, 0.1) is 0 Å². The maximum absolute atomic E-state index is 12.2. The molecular weight excluding hydrogens is 414 g/mol. The number of hydrogen-bond acceptors (Lipinski definition) is 7. The van der Waals surface area contributed by atoms with Crippen molar-refractivity contribution >= 4 is 5.97 Å². The molecule has 1 fully saturated rings. The van der Waals surface area contributed by atoms with E-state index in [1.54, 1.807) is 35.5 Å². The van der Waals surface area contributed by atoms with Crippen LogP contribution in [0.25, 0.3) is 0 Å². The molecule has 1 saturated heterocycles. The standard InChI is InChI=1S/C24H31NO7/c1-28-18-11-8-9-16(22(18)31-4)21(25-12-7-6-10-17(25)24(26)27)15-13-19(29-2)23(32-5)20(14-15)30-3/h8-9,11,13-14,17,21H,6-7,10,12H2,1-5H3,(H,26,27). The molecule has 2 atom stereocenters. The van der Waals surface area contributed by atoms with Crippen molar-refractivity contribution in [2.24, 2.45) is 0 Å². The van der Waals surface area contributed by atoms with E-state index in [9.17, 15) is 9.90 Å². The van der Waals surface area contributed by atoms with Gasteiger partial charge in [0.05, 0.1) is 41.6 Å². The SMILES string of the molecule is COc1cc(C(c2cccc(OC)c2OC)N2CCCCC2C(=O)O)cc(OC)c1OC. The van der Waals surface area contributed by atoms with Crippen molar-refractivity contribution in [3.8, 4) is 28.7 Å². The van der Waals surface area contributed by atoms with Crippen molar-refractivity contribution in [1.29, 1.82) is 0 Å². The molecule has 8 heteroatoms. The predicted molar refractivity (Wildman–Crippen MR) is 119 cm³/mol. The third-order valence-corrected chi connectivity index (χ3v) is 5.89. The number of nitrogens with zero attached hydrogens (tertiary/aromatic N) is 1. The number of rotatable bonds is 9. The van der Waals surface area contributed by atoms with Crippen molar-refractivity contribution < 1.29 is 33.6 Å². The Labute approximate surface area is 188 Å². The number of piperidine rings is 1. The summed E-state index contributed by atoms with van der Waals surface area (Å²) in [6, 6.07) is 8.28. The van der Waals surface area contributed by atoms with E-state index in [4.69, 9.17) is 23.7 Å². The van der Waals surface area contributed by atoms with Crippen LogP contribution in [0.2, 0.25) is 0 Å². The van der Waals surface area contributed by atoms with Gasteiger partial charge in [0.2, 0.25) is 5.75 Å². The average molecular weight is 446 g/mol. The summed E-state index contributed by atoms with van der Waals surface area (Å²) in [4.78, 5) is 14.2. The number of methoxy groups -OCH3 is 5. The van der Waals surface area contributed by atoms with Crippen molar-refractivity contribution in [3.63, 3.8) is 0 Å². The lowest BCUT2D eigenvalue weighted by molar-refractivity contribution is -0.145. The van der Waals surface area contributed by atoms with Crippen LogP contribution in [0.1, 0.15) is 36.4 Å². The van der Waals surface area contributed by atoms with Crippen molar-refractivity contribution in [2.75, 3.05) is 42.1 Å². The lowest BCUT2D eigenvalue weighted by atomic mass is 9.90. The van der Waals surface area contributed by atoms with E-state index in [-0.39, 0.29) is 0 Å². The first kappa shape index (κ1) is 23.5. The molecule has 3 rings (SSSR count). The molecule has 0 saturated carbocycles. The first-order chi connectivity index (χ1) is 15.5. The Bertz CT molecular complexity index is 921. The van der Waals surface area contributed by atoms with E-state index in [1.807, 2.05) is 35.2 Å². The Morgan fingerprint density at radius 3 is 2.06 bits per heavy atom. The Balaban J connectivity index is 2.28. The Morgan fingerprint density at radius 2 is 1.53 bits per heavy atom. The molecule has 1 heterocycles. The zero-order valence-electron chi connectivity index (χ0n) is 19.2. The highest BCUT2D eigenvalue weighted by molar-refractivity contribution is 5.74. The minimum atomic E-state index is -0.844. The van der Waals surface area contributed by atoms with Gasteiger partial charge < -0.3 is 28.8 Å². The number of likely N-dealkylation sites (tertiary alicyclic amines) is 1. The highest BCUT2D eigenvalue weighted by Gasteiger charge is 2.37. The summed E-state index contributed by atoms with van der Waals surface area (Å²) >= 11 is 0. The molecular formula is C24H31NO7. The van der Waals surface area contributed by atoms with Gasteiger partial charge in [-0.05, 0) is 43.1 Å². The van der Waals surface area contributed by atoms with E-state index in [2.05, 4.69) is 0 Å². The lowest BCUT2D eigenvalue weighted by Gasteiger charge is -2.40. The maximum Gasteiger partial charge on any atom is 0.320 e. The zero-order valence-corrected chi connectivity index (χ0v) is 19.2. The largest absolute Gasteiger partial charge is 0.493 e. The van der Waals surface area contributed by atoms with Gasteiger partial charge in [-0.1, -0.05) is 18.6 Å². The minimum Gasteiger partial charge on any atom is -0.493 e. The molecule has 2 unspecified atom stereocenters. The highest BCUT2D eigenvalue weighted by Crippen LogP contribution is 2.46. The second-order valence-electron chi connectivity index (χ2n) is 7.53. The van der Waals surface area contributed by atoms with Gasteiger partial charge in [-0.2, -0.15) is 0 Å². The third-order valence-electron chi connectivity index (χ3n) is 5.89. The second-order valence-corrected chi connectivity index (χ2v) is 7.53. The quantitative estimate of drug-likeness (QED) is 0.624. The van der Waals surface area contributed by atoms with Crippen LogP contribution in [0.3, 0.4) is 0 Å². The fourth-order valence-electron chi connectivity index (χ4n) is 4.46. The van der Waals surface area contributed by atoms with E-state index in [0.29, 0.717) is 41.7 Å². The van der Waals surface area contributed by atoms with Crippen LogP contribution < -0.4 is 23.7 Å². The number of carboxylic acids is 1. The van der Waals surface area contributed by atoms with Gasteiger partial charge in [-0.25, -0.2) is 0 Å². The van der Waals surface area contributed by atoms with Crippen molar-refractivity contribution in [1.82, 2.24) is 4.90 Å². The van der Waals surface area contributed by atoms with Gasteiger partial charge in [0.25, 0.3) is 0 Å². The monoisotopic (exact) mass is 445 g/mol. The normalized spacial score (nSPS) is 17.3. The summed E-state index contributed by atoms with van der Waals surface area (Å²) in [5, 5.41) is 10.00. The molecule has 0 amide bonds. The fraction of sp³-hybridized carbons (Fsp3) is 0.458. The van der Waals surface area contributed by atoms with E-state index >= 15 is 0 Å². The topological polar surface area (TPSA) is 86.7 Å². The summed E-state index contributed by atoms with van der Waals surface area (Å²) in [7, 11) is 7.83. The molecule has 0 aromatic heterocycles. The van der Waals surface area contributed by atoms with Crippen LogP contribution in [0.15, 0.2) is 30.3 Å². The van der Waals surface area contributed by atoms with Gasteiger partial charge in [-0.15, -0.1) is 0 Å². The molecule has 174 valence electrons. The highest BCUT2D eigenvalue weighted by atomic mass is 16.5.